The van der Waals surface area contributed by atoms with Crippen LogP contribution in [0.3, 0.4) is 0 Å². The summed E-state index contributed by atoms with van der Waals surface area (Å²) in [5.74, 6) is -2.25. The van der Waals surface area contributed by atoms with Crippen molar-refractivity contribution in [2.75, 3.05) is 0 Å². The van der Waals surface area contributed by atoms with Gasteiger partial charge in [0.2, 0.25) is 0 Å². The summed E-state index contributed by atoms with van der Waals surface area (Å²) in [4.78, 5) is 60.4. The van der Waals surface area contributed by atoms with Gasteiger partial charge in [-0.1, -0.05) is 86.3 Å². The number of aldehydes is 1. The van der Waals surface area contributed by atoms with E-state index in [-0.39, 0.29) is 47.1 Å². The van der Waals surface area contributed by atoms with Gasteiger partial charge in [-0.3, -0.25) is 24.0 Å². The molecule has 376 valence electrons. The lowest BCUT2D eigenvalue weighted by Gasteiger charge is -2.40. The first-order valence-corrected chi connectivity index (χ1v) is 29.1. The zero-order valence-electron chi connectivity index (χ0n) is 43.6. The molecular formula is C51H86O13Si2. The molecule has 0 aromatic carbocycles. The molecule has 66 heavy (non-hydrogen) atoms. The number of aliphatic hydroxyl groups is 2. The van der Waals surface area contributed by atoms with Gasteiger partial charge in [0.1, 0.15) is 41.9 Å². The third kappa shape index (κ3) is 19.6. The van der Waals surface area contributed by atoms with Crippen molar-refractivity contribution in [3.8, 4) is 0 Å². The number of carbonyl (C=O) groups is 5. The molecule has 0 saturated heterocycles. The molecular weight excluding hydrogens is 877 g/mol. The van der Waals surface area contributed by atoms with E-state index in [4.69, 9.17) is 27.8 Å². The molecule has 2 heterocycles. The average molecular weight is 963 g/mol. The molecule has 0 radical (unpaired) electrons. The van der Waals surface area contributed by atoms with Crippen LogP contribution in [0.2, 0.25) is 36.3 Å². The Morgan fingerprint density at radius 3 is 1.30 bits per heavy atom. The highest BCUT2D eigenvalue weighted by Gasteiger charge is 2.43. The summed E-state index contributed by atoms with van der Waals surface area (Å²) in [6.45, 7) is 38.3. The molecule has 2 aliphatic heterocycles. The first-order valence-electron chi connectivity index (χ1n) is 23.3. The molecule has 0 unspecified atom stereocenters. The Morgan fingerprint density at radius 1 is 0.682 bits per heavy atom. The van der Waals surface area contributed by atoms with E-state index in [1.54, 1.807) is 45.1 Å². The molecule has 2 aliphatic rings. The van der Waals surface area contributed by atoms with Crippen LogP contribution in [0.15, 0.2) is 60.3 Å². The van der Waals surface area contributed by atoms with Gasteiger partial charge in [0.05, 0.1) is 25.0 Å². The Bertz CT molecular complexity index is 1650. The van der Waals surface area contributed by atoms with Gasteiger partial charge in [-0.05, 0) is 119 Å². The maximum absolute atomic E-state index is 13.0. The van der Waals surface area contributed by atoms with E-state index in [1.807, 2.05) is 32.9 Å². The Morgan fingerprint density at radius 2 is 1.02 bits per heavy atom. The van der Waals surface area contributed by atoms with Crippen molar-refractivity contribution in [3.63, 3.8) is 0 Å². The summed E-state index contributed by atoms with van der Waals surface area (Å²) in [5, 5.41) is 22.4. The third-order valence-electron chi connectivity index (χ3n) is 13.3. The largest absolute Gasteiger partial charge is 0.457 e. The van der Waals surface area contributed by atoms with Crippen molar-refractivity contribution in [2.45, 2.75) is 220 Å². The molecule has 15 heteroatoms. The first kappa shape index (κ1) is 60.5. The van der Waals surface area contributed by atoms with E-state index in [9.17, 15) is 34.2 Å². The zero-order valence-corrected chi connectivity index (χ0v) is 45.6. The Labute approximate surface area is 399 Å². The van der Waals surface area contributed by atoms with Crippen molar-refractivity contribution >= 4 is 46.8 Å². The summed E-state index contributed by atoms with van der Waals surface area (Å²) < 4.78 is 35.7. The maximum Gasteiger partial charge on any atom is 0.308 e. The van der Waals surface area contributed by atoms with Gasteiger partial charge >= 0.3 is 23.9 Å². The fourth-order valence-corrected chi connectivity index (χ4v) is 9.88. The van der Waals surface area contributed by atoms with Crippen LogP contribution in [-0.2, 0) is 51.8 Å². The minimum atomic E-state index is -2.21. The topological polar surface area (TPSA) is 181 Å². The quantitative estimate of drug-likeness (QED) is 0.0402. The van der Waals surface area contributed by atoms with Gasteiger partial charge in [-0.25, -0.2) is 0 Å². The minimum absolute atomic E-state index is 0.0299. The molecule has 0 fully saturated rings. The number of allylic oxidation sites excluding steroid dienone is 3. The fourth-order valence-electron chi connectivity index (χ4n) is 7.11. The number of cyclic esters (lactones) is 2. The predicted octanol–water partition coefficient (Wildman–Crippen LogP) is 9.97. The van der Waals surface area contributed by atoms with Gasteiger partial charge in [0.25, 0.3) is 0 Å². The number of rotatable bonds is 10. The third-order valence-corrected chi connectivity index (χ3v) is 22.4. The van der Waals surface area contributed by atoms with Crippen LogP contribution in [0.25, 0.3) is 0 Å². The summed E-state index contributed by atoms with van der Waals surface area (Å²) in [6.07, 6.45) is 10.2. The van der Waals surface area contributed by atoms with Crippen molar-refractivity contribution < 1.29 is 62.0 Å². The Kier molecular flexibility index (Phi) is 23.1. The van der Waals surface area contributed by atoms with Crippen molar-refractivity contribution in [3.05, 3.63) is 60.3 Å². The monoisotopic (exact) mass is 963 g/mol. The van der Waals surface area contributed by atoms with Crippen molar-refractivity contribution in [2.24, 2.45) is 11.8 Å². The summed E-state index contributed by atoms with van der Waals surface area (Å²) in [6, 6.07) is 0. The van der Waals surface area contributed by atoms with Crippen LogP contribution in [0, 0.1) is 11.8 Å². The molecule has 2 rings (SSSR count). The van der Waals surface area contributed by atoms with E-state index in [0.29, 0.717) is 31.1 Å². The molecule has 0 aromatic heterocycles. The lowest BCUT2D eigenvalue weighted by molar-refractivity contribution is -0.158. The fraction of sp³-hybridized carbons (Fsp3) is 0.706. The van der Waals surface area contributed by atoms with Gasteiger partial charge in [-0.15, -0.1) is 0 Å². The number of carbonyl (C=O) groups excluding carboxylic acids is 5. The number of hydrogen-bond donors (Lipinski definition) is 2. The molecule has 10 atom stereocenters. The summed E-state index contributed by atoms with van der Waals surface area (Å²) in [5.41, 5.74) is -1.22. The van der Waals surface area contributed by atoms with Crippen molar-refractivity contribution in [1.82, 2.24) is 0 Å². The number of ether oxygens (including phenoxy) is 4. The maximum atomic E-state index is 13.0. The van der Waals surface area contributed by atoms with Crippen LogP contribution in [0.5, 0.6) is 0 Å². The van der Waals surface area contributed by atoms with Gasteiger partial charge < -0.3 is 38.0 Å². The van der Waals surface area contributed by atoms with Crippen molar-refractivity contribution in [1.29, 1.82) is 0 Å². The normalized spacial score (nSPS) is 31.6. The van der Waals surface area contributed by atoms with E-state index in [0.717, 1.165) is 5.57 Å². The van der Waals surface area contributed by atoms with E-state index >= 15 is 0 Å². The SMILES string of the molecule is C=C/C=C(\C)[C@H]1OC(=O)C[C@H](O[Si](C)(C)C(C)(C)C)CC[C@@](C)(O)[C@@H](OC(C)=O)/C=C/[C@@H]1C.CC(=O)O[C@H]1/C=C/[C@H](C)[C@@H](/C(C)=C/C=O)OC(=O)C[C@H](O[Si](C)(C)C(C)(C)C)CC[C@@]1(C)O. The molecule has 0 aliphatic carbocycles. The minimum Gasteiger partial charge on any atom is -0.457 e. The second-order valence-corrected chi connectivity index (χ2v) is 31.3. The smallest absolute Gasteiger partial charge is 0.308 e. The van der Waals surface area contributed by atoms with Crippen LogP contribution >= 0.6 is 0 Å². The second kappa shape index (κ2) is 25.2. The highest BCUT2D eigenvalue weighted by atomic mass is 28.4. The lowest BCUT2D eigenvalue weighted by Crippen LogP contribution is -2.46. The molecule has 0 saturated carbocycles. The van der Waals surface area contributed by atoms with E-state index in [1.165, 1.54) is 19.9 Å². The van der Waals surface area contributed by atoms with E-state index < -0.39 is 82.4 Å². The van der Waals surface area contributed by atoms with Crippen LogP contribution < -0.4 is 0 Å². The zero-order chi connectivity index (χ0) is 51.2. The van der Waals surface area contributed by atoms with Gasteiger partial charge in [-0.2, -0.15) is 0 Å². The Balaban J connectivity index is 0.000000660. The lowest BCUT2D eigenvalue weighted by atomic mass is 9.89. The molecule has 13 nitrogen and oxygen atoms in total. The molecule has 2 N–H and O–H groups in total. The molecule has 0 bridgehead atoms. The summed E-state index contributed by atoms with van der Waals surface area (Å²) >= 11 is 0. The van der Waals surface area contributed by atoms with Crippen LogP contribution in [0.1, 0.15) is 135 Å². The van der Waals surface area contributed by atoms with Gasteiger partial charge in [0.15, 0.2) is 16.6 Å². The highest BCUT2D eigenvalue weighted by molar-refractivity contribution is 6.74. The number of hydrogen-bond acceptors (Lipinski definition) is 13. The molecule has 0 aromatic rings. The average Bonchev–Trinajstić information content (AvgIpc) is 3.15. The van der Waals surface area contributed by atoms with Crippen LogP contribution in [-0.4, -0.2) is 105 Å². The predicted molar refractivity (Wildman–Crippen MR) is 264 cm³/mol. The molecule has 0 amide bonds. The Hall–Kier alpha value is -3.48. The number of esters is 4. The van der Waals surface area contributed by atoms with Crippen LogP contribution in [0.4, 0.5) is 0 Å². The molecule has 0 spiro atoms. The second-order valence-electron chi connectivity index (χ2n) is 21.8. The van der Waals surface area contributed by atoms with Gasteiger partial charge in [0, 0.05) is 25.7 Å². The standard InChI is InChI=1S/C26H44O6Si.C25H42O7Si/c1-11-12-18(2)24-19(3)13-14-22(30-20(4)27)26(8,29)16-15-21(17-23(28)31-24)32-33(9,10)25(5,6)7;1-17-10-11-21(30-19(3)27)25(7,29)14-12-20(32-33(8,9)24(4,5)6)16-22(28)31-23(17)18(2)13-15-26/h11-14,19,21-22,24,29H,1,15-17H2,2-10H3;10-11,13,15,17,20-21,23,29H,12,14,16H2,1-9H3/b14-13+,18-12+;11-10+,18-13+/t19-,21+,22-,24+,26+;17-,20+,21-,23-,25+/m00/s1. The summed E-state index contributed by atoms with van der Waals surface area (Å²) in [7, 11) is -4.39. The first-order chi connectivity index (χ1) is 30.0. The van der Waals surface area contributed by atoms with E-state index in [2.05, 4.69) is 74.3 Å². The highest BCUT2D eigenvalue weighted by Crippen LogP contribution is 2.40.